The number of aromatic nitrogens is 3. The van der Waals surface area contributed by atoms with Crippen LogP contribution in [0.2, 0.25) is 0 Å². The topological polar surface area (TPSA) is 130 Å². The van der Waals surface area contributed by atoms with E-state index in [2.05, 4.69) is 38.3 Å². The van der Waals surface area contributed by atoms with Crippen molar-refractivity contribution in [3.05, 3.63) is 63.7 Å². The maximum Gasteiger partial charge on any atom is 0.573 e. The number of anilines is 1. The van der Waals surface area contributed by atoms with E-state index in [1.165, 1.54) is 0 Å². The predicted octanol–water partition coefficient (Wildman–Crippen LogP) is 9.16. The van der Waals surface area contributed by atoms with E-state index in [1.54, 1.807) is 0 Å². The Kier molecular flexibility index (Phi) is 11.7. The van der Waals surface area contributed by atoms with Crippen molar-refractivity contribution in [1.29, 1.82) is 0 Å². The molecule has 0 saturated carbocycles. The van der Waals surface area contributed by atoms with E-state index in [9.17, 15) is 27.5 Å². The first kappa shape index (κ1) is 43.2. The van der Waals surface area contributed by atoms with E-state index in [4.69, 9.17) is 23.5 Å². The third-order valence-electron chi connectivity index (χ3n) is 13.4. The van der Waals surface area contributed by atoms with Crippen LogP contribution in [-0.2, 0) is 19.4 Å². The number of benzene rings is 2. The molecule has 0 aliphatic carbocycles. The molecular weight excluding hydrogens is 835 g/mol. The number of ether oxygens (including phenoxy) is 2. The van der Waals surface area contributed by atoms with E-state index in [-0.39, 0.29) is 60.6 Å². The van der Waals surface area contributed by atoms with Crippen LogP contribution in [0.4, 0.5) is 32.2 Å². The lowest BCUT2D eigenvalue weighted by atomic mass is 9.94. The number of pyridine rings is 1. The highest BCUT2D eigenvalue weighted by atomic mass is 19.4. The minimum absolute atomic E-state index is 0.0465. The zero-order valence-corrected chi connectivity index (χ0v) is 35.2. The second kappa shape index (κ2) is 17.1. The summed E-state index contributed by atoms with van der Waals surface area (Å²) in [6, 6.07) is 3.67. The monoisotopic (exact) mass is 884 g/mol. The number of hydrogen-bond donors (Lipinski definition) is 1. The van der Waals surface area contributed by atoms with Crippen molar-refractivity contribution in [3.8, 4) is 28.8 Å². The number of halogens is 6. The number of phenols is 1. The maximum atomic E-state index is 17.6. The summed E-state index contributed by atoms with van der Waals surface area (Å²) in [6.45, 7) is 6.55. The summed E-state index contributed by atoms with van der Waals surface area (Å²) >= 11 is 0. The molecule has 0 bridgehead atoms. The molecule has 3 fully saturated rings. The van der Waals surface area contributed by atoms with Gasteiger partial charge in [0.1, 0.15) is 35.6 Å². The average molecular weight is 885 g/mol. The number of hydrogen-bond acceptors (Lipinski definition) is 12. The van der Waals surface area contributed by atoms with Crippen LogP contribution in [0.3, 0.4) is 0 Å². The number of piperazine rings is 1. The zero-order valence-electron chi connectivity index (χ0n) is 35.2. The molecule has 3 saturated heterocycles. The molecule has 0 radical (unpaired) electrons. The van der Waals surface area contributed by atoms with E-state index in [1.807, 2.05) is 0 Å². The molecule has 2 aromatic carbocycles. The number of phenolic OH excluding ortho intramolecular Hbond substituents is 1. The first-order valence-electron chi connectivity index (χ1n) is 22.0. The van der Waals surface area contributed by atoms with Crippen molar-refractivity contribution < 1.29 is 49.8 Å². The summed E-state index contributed by atoms with van der Waals surface area (Å²) in [6.07, 6.45) is 2.27. The van der Waals surface area contributed by atoms with Gasteiger partial charge in [-0.3, -0.25) is 9.80 Å². The number of aryl methyl sites for hydroxylation is 2. The minimum Gasteiger partial charge on any atom is -0.508 e. The lowest BCUT2D eigenvalue weighted by molar-refractivity contribution is -0.275. The van der Waals surface area contributed by atoms with Gasteiger partial charge >= 0.3 is 18.2 Å². The molecule has 12 nitrogen and oxygen atoms in total. The van der Waals surface area contributed by atoms with E-state index >= 15 is 8.78 Å². The summed E-state index contributed by atoms with van der Waals surface area (Å²) in [5.41, 5.74) is -1.26. The second-order valence-corrected chi connectivity index (χ2v) is 17.5. The Morgan fingerprint density at radius 1 is 0.984 bits per heavy atom. The molecular formula is C45H50F6N6O6. The summed E-state index contributed by atoms with van der Waals surface area (Å²) in [5.74, 6) is -3.33. The second-order valence-electron chi connectivity index (χ2n) is 17.5. The lowest BCUT2D eigenvalue weighted by Crippen LogP contribution is -2.58. The Morgan fingerprint density at radius 2 is 1.81 bits per heavy atom. The molecule has 4 atom stereocenters. The number of aromatic hydroxyl groups is 1. The SMILES string of the molecule is CCCCCCc1oc(=O)oc1CN1C[C@H]2CCCc3nc(-c4cc(O)cc5ccc(F)c(OC(F)(F)F)c45)c(F)c4nc(OC[C@@]56CCCN5C[C@H](F)C6)nc(c34)N2C[C@H]1CC. The van der Waals surface area contributed by atoms with Crippen LogP contribution < -0.4 is 20.2 Å². The van der Waals surface area contributed by atoms with Gasteiger partial charge in [0, 0.05) is 55.5 Å². The molecule has 0 amide bonds. The Balaban J connectivity index is 1.16. The van der Waals surface area contributed by atoms with Gasteiger partial charge < -0.3 is 28.3 Å². The molecule has 0 unspecified atom stereocenters. The van der Waals surface area contributed by atoms with Crippen molar-refractivity contribution in [2.45, 2.75) is 128 Å². The van der Waals surface area contributed by atoms with Crippen molar-refractivity contribution >= 4 is 27.5 Å². The molecule has 4 aliphatic heterocycles. The first-order chi connectivity index (χ1) is 30.2. The van der Waals surface area contributed by atoms with Crippen LogP contribution in [-0.4, -0.2) is 92.8 Å². The van der Waals surface area contributed by atoms with Crippen LogP contribution in [0.1, 0.15) is 95.3 Å². The Bertz CT molecular complexity index is 2570. The van der Waals surface area contributed by atoms with Gasteiger partial charge in [-0.25, -0.2) is 22.9 Å². The van der Waals surface area contributed by atoms with Crippen LogP contribution >= 0.6 is 0 Å². The van der Waals surface area contributed by atoms with Gasteiger partial charge in [-0.2, -0.15) is 9.97 Å². The predicted molar refractivity (Wildman–Crippen MR) is 221 cm³/mol. The first-order valence-corrected chi connectivity index (χ1v) is 22.0. The third-order valence-corrected chi connectivity index (χ3v) is 13.4. The summed E-state index contributed by atoms with van der Waals surface area (Å²) < 4.78 is 111. The summed E-state index contributed by atoms with van der Waals surface area (Å²) in [5, 5.41) is 10.6. The zero-order chi connectivity index (χ0) is 44.2. The molecule has 63 heavy (non-hydrogen) atoms. The van der Waals surface area contributed by atoms with Gasteiger partial charge in [0.05, 0.1) is 23.2 Å². The molecule has 9 rings (SSSR count). The average Bonchev–Trinajstić information content (AvgIpc) is 3.89. The van der Waals surface area contributed by atoms with Crippen LogP contribution in [0.15, 0.2) is 37.9 Å². The van der Waals surface area contributed by atoms with Crippen molar-refractivity contribution in [2.75, 3.05) is 37.7 Å². The highest BCUT2D eigenvalue weighted by Crippen LogP contribution is 2.46. The Morgan fingerprint density at radius 3 is 2.60 bits per heavy atom. The molecule has 7 heterocycles. The Hall–Kier alpha value is -5.10. The normalized spacial score (nSPS) is 23.0. The Labute approximate surface area is 359 Å². The van der Waals surface area contributed by atoms with Crippen LogP contribution in [0.25, 0.3) is 32.9 Å². The smallest absolute Gasteiger partial charge is 0.508 e. The summed E-state index contributed by atoms with van der Waals surface area (Å²) in [4.78, 5) is 33.2. The molecule has 4 aliphatic rings. The van der Waals surface area contributed by atoms with Gasteiger partial charge in [0.25, 0.3) is 0 Å². The van der Waals surface area contributed by atoms with Crippen molar-refractivity contribution in [2.24, 2.45) is 0 Å². The number of unbranched alkanes of at least 4 members (excludes halogenated alkanes) is 3. The number of alkyl halides is 4. The van der Waals surface area contributed by atoms with Gasteiger partial charge in [-0.1, -0.05) is 39.2 Å². The maximum absolute atomic E-state index is 17.6. The van der Waals surface area contributed by atoms with E-state index in [0.717, 1.165) is 56.4 Å². The molecule has 5 aromatic rings. The van der Waals surface area contributed by atoms with Gasteiger partial charge in [-0.15, -0.1) is 13.2 Å². The molecule has 0 spiro atoms. The third kappa shape index (κ3) is 8.40. The van der Waals surface area contributed by atoms with Gasteiger partial charge in [0.15, 0.2) is 28.9 Å². The molecule has 3 aromatic heterocycles. The number of fused-ring (bicyclic) bond motifs is 4. The molecule has 338 valence electrons. The van der Waals surface area contributed by atoms with E-state index in [0.29, 0.717) is 86.7 Å². The molecule has 18 heteroatoms. The van der Waals surface area contributed by atoms with Crippen LogP contribution in [0.5, 0.6) is 17.5 Å². The van der Waals surface area contributed by atoms with E-state index < -0.39 is 58.1 Å². The fourth-order valence-electron chi connectivity index (χ4n) is 10.4. The fourth-order valence-corrected chi connectivity index (χ4v) is 10.4. The fraction of sp³-hybridized carbons (Fsp3) is 0.556. The quantitative estimate of drug-likeness (QED) is 0.0894. The number of rotatable bonds is 13. The van der Waals surface area contributed by atoms with Gasteiger partial charge in [0.2, 0.25) is 0 Å². The standard InChI is InChI=1S/C45H50F6N6O6/c1-3-5-6-7-12-33-34(62-43(59)61-33)23-55-21-28-10-8-11-32-36-39(37(48)38(52-32)30-18-29(58)17-25-13-14-31(47)40(35(25)30)63-45(49,50)51)53-42(54-41(36)57(28)22-27(55)4-2)60-24-44-15-9-16-56(44)20-26(46)19-44/h13-14,17-18,26-28,58H,3-12,15-16,19-24H2,1-2H3/t26-,27-,28-,44+/m1/s1. The molecule has 1 N–H and O–H groups in total. The lowest BCUT2D eigenvalue weighted by Gasteiger charge is -2.47. The highest BCUT2D eigenvalue weighted by Gasteiger charge is 2.49. The van der Waals surface area contributed by atoms with Crippen molar-refractivity contribution in [1.82, 2.24) is 24.8 Å². The number of nitrogens with zero attached hydrogens (tertiary/aromatic N) is 6. The van der Waals surface area contributed by atoms with Crippen molar-refractivity contribution in [3.63, 3.8) is 0 Å². The highest BCUT2D eigenvalue weighted by molar-refractivity contribution is 6.04. The minimum atomic E-state index is -5.30. The van der Waals surface area contributed by atoms with Gasteiger partial charge in [-0.05, 0) is 75.1 Å². The van der Waals surface area contributed by atoms with Crippen LogP contribution in [0, 0.1) is 11.6 Å². The summed E-state index contributed by atoms with van der Waals surface area (Å²) in [7, 11) is 0. The largest absolute Gasteiger partial charge is 0.573 e.